The smallest absolute Gasteiger partial charge is 0.407 e. The number of alkyl carbamates (subject to hydrolysis) is 1. The van der Waals surface area contributed by atoms with Crippen molar-refractivity contribution in [3.8, 4) is 11.1 Å². The molecule has 2 amide bonds. The van der Waals surface area contributed by atoms with Crippen LogP contribution in [0, 0.1) is 11.8 Å². The minimum atomic E-state index is -1.05. The van der Waals surface area contributed by atoms with Gasteiger partial charge in [-0.1, -0.05) is 81.6 Å². The third kappa shape index (κ3) is 5.24. The normalized spacial score (nSPS) is 17.1. The van der Waals surface area contributed by atoms with Crippen molar-refractivity contribution in [2.45, 2.75) is 57.5 Å². The molecule has 3 atom stereocenters. The molecule has 0 saturated heterocycles. The minimum absolute atomic E-state index is 0.0797. The van der Waals surface area contributed by atoms with Gasteiger partial charge in [0.2, 0.25) is 5.91 Å². The van der Waals surface area contributed by atoms with E-state index in [4.69, 9.17) is 4.74 Å². The Balaban J connectivity index is 1.40. The molecule has 0 spiro atoms. The maximum absolute atomic E-state index is 12.9. The molecule has 34 heavy (non-hydrogen) atoms. The van der Waals surface area contributed by atoms with E-state index in [1.165, 1.54) is 0 Å². The fourth-order valence-electron chi connectivity index (χ4n) is 4.64. The molecule has 1 saturated carbocycles. The summed E-state index contributed by atoms with van der Waals surface area (Å²) in [7, 11) is 0. The van der Waals surface area contributed by atoms with Crippen molar-refractivity contribution in [2.75, 3.05) is 6.61 Å². The van der Waals surface area contributed by atoms with Crippen LogP contribution in [-0.4, -0.2) is 41.8 Å². The van der Waals surface area contributed by atoms with Gasteiger partial charge in [0.15, 0.2) is 0 Å². The Bertz CT molecular complexity index is 1020. The molecule has 7 heteroatoms. The first-order valence-electron chi connectivity index (χ1n) is 12.0. The topological polar surface area (TPSA) is 105 Å². The lowest BCUT2D eigenvalue weighted by Gasteiger charge is -2.25. The lowest BCUT2D eigenvalue weighted by atomic mass is 9.97. The molecular formula is C27H32N2O5. The third-order valence-corrected chi connectivity index (χ3v) is 6.99. The molecule has 7 nitrogen and oxygen atoms in total. The summed E-state index contributed by atoms with van der Waals surface area (Å²) in [6.07, 6.45) is 2.36. The highest BCUT2D eigenvalue weighted by atomic mass is 16.5. The summed E-state index contributed by atoms with van der Waals surface area (Å²) in [5.74, 6) is -1.46. The van der Waals surface area contributed by atoms with Gasteiger partial charge in [0.25, 0.3) is 0 Å². The van der Waals surface area contributed by atoms with Crippen LogP contribution in [0.1, 0.15) is 56.6 Å². The lowest BCUT2D eigenvalue weighted by molar-refractivity contribution is -0.142. The highest BCUT2D eigenvalue weighted by molar-refractivity contribution is 5.89. The van der Waals surface area contributed by atoms with Crippen LogP contribution >= 0.6 is 0 Å². The highest BCUT2D eigenvalue weighted by Gasteiger charge is 2.34. The summed E-state index contributed by atoms with van der Waals surface area (Å²) in [4.78, 5) is 37.3. The van der Waals surface area contributed by atoms with Crippen molar-refractivity contribution < 1.29 is 24.2 Å². The van der Waals surface area contributed by atoms with Crippen LogP contribution in [0.3, 0.4) is 0 Å². The molecule has 0 bridgehead atoms. The molecule has 2 aromatic carbocycles. The molecular weight excluding hydrogens is 432 g/mol. The predicted molar refractivity (Wildman–Crippen MR) is 128 cm³/mol. The number of hydrogen-bond acceptors (Lipinski definition) is 4. The number of carbonyl (C=O) groups excluding carboxylic acids is 2. The van der Waals surface area contributed by atoms with Crippen LogP contribution in [0.2, 0.25) is 0 Å². The van der Waals surface area contributed by atoms with Gasteiger partial charge < -0.3 is 20.5 Å². The van der Waals surface area contributed by atoms with Crippen LogP contribution in [0.25, 0.3) is 11.1 Å². The van der Waals surface area contributed by atoms with Gasteiger partial charge in [-0.2, -0.15) is 0 Å². The Morgan fingerprint density at radius 3 is 2.12 bits per heavy atom. The summed E-state index contributed by atoms with van der Waals surface area (Å²) >= 11 is 0. The zero-order valence-electron chi connectivity index (χ0n) is 19.6. The fraction of sp³-hybridized carbons (Fsp3) is 0.444. The number of carboxylic acids is 1. The molecule has 2 aromatic rings. The molecule has 2 aliphatic carbocycles. The summed E-state index contributed by atoms with van der Waals surface area (Å²) in [5, 5.41) is 14.8. The van der Waals surface area contributed by atoms with E-state index < -0.39 is 30.1 Å². The number of amides is 2. The van der Waals surface area contributed by atoms with Gasteiger partial charge >= 0.3 is 12.1 Å². The van der Waals surface area contributed by atoms with Gasteiger partial charge in [-0.25, -0.2) is 9.59 Å². The number of benzene rings is 2. The van der Waals surface area contributed by atoms with Crippen LogP contribution in [0.15, 0.2) is 48.5 Å². The van der Waals surface area contributed by atoms with Gasteiger partial charge in [-0.05, 0) is 40.5 Å². The second kappa shape index (κ2) is 10.3. The van der Waals surface area contributed by atoms with Crippen LogP contribution in [0.4, 0.5) is 4.79 Å². The highest BCUT2D eigenvalue weighted by Crippen LogP contribution is 2.44. The van der Waals surface area contributed by atoms with E-state index in [9.17, 15) is 19.5 Å². The number of carboxylic acid groups (broad SMARTS) is 1. The molecule has 2 aliphatic rings. The van der Waals surface area contributed by atoms with E-state index in [0.717, 1.165) is 35.1 Å². The van der Waals surface area contributed by atoms with Crippen LogP contribution < -0.4 is 10.6 Å². The van der Waals surface area contributed by atoms with Crippen molar-refractivity contribution >= 4 is 18.0 Å². The van der Waals surface area contributed by atoms with Gasteiger partial charge in [-0.3, -0.25) is 4.79 Å². The number of rotatable bonds is 10. The monoisotopic (exact) mass is 464 g/mol. The van der Waals surface area contributed by atoms with Crippen molar-refractivity contribution in [3.63, 3.8) is 0 Å². The Hall–Kier alpha value is -3.35. The molecule has 180 valence electrons. The summed E-state index contributed by atoms with van der Waals surface area (Å²) in [6, 6.07) is 14.3. The van der Waals surface area contributed by atoms with Gasteiger partial charge in [0.05, 0.1) is 0 Å². The molecule has 1 unspecified atom stereocenters. The van der Waals surface area contributed by atoms with Gasteiger partial charge in [-0.15, -0.1) is 0 Å². The largest absolute Gasteiger partial charge is 0.480 e. The molecule has 3 N–H and O–H groups in total. The Morgan fingerprint density at radius 2 is 1.59 bits per heavy atom. The van der Waals surface area contributed by atoms with Crippen molar-refractivity contribution in [1.82, 2.24) is 10.6 Å². The second-order valence-corrected chi connectivity index (χ2v) is 9.41. The molecule has 0 aliphatic heterocycles. The first-order valence-corrected chi connectivity index (χ1v) is 12.0. The number of nitrogens with one attached hydrogen (secondary N) is 2. The molecule has 0 aromatic heterocycles. The number of hydrogen-bond donors (Lipinski definition) is 3. The second-order valence-electron chi connectivity index (χ2n) is 9.41. The Kier molecular flexibility index (Phi) is 7.20. The number of ether oxygens (including phenoxy) is 1. The number of fused-ring (bicyclic) bond motifs is 3. The van der Waals surface area contributed by atoms with Gasteiger partial charge in [0.1, 0.15) is 18.7 Å². The Morgan fingerprint density at radius 1 is 1.00 bits per heavy atom. The third-order valence-electron chi connectivity index (χ3n) is 6.99. The van der Waals surface area contributed by atoms with Crippen molar-refractivity contribution in [1.29, 1.82) is 0 Å². The first kappa shape index (κ1) is 23.8. The van der Waals surface area contributed by atoms with Crippen LogP contribution in [0.5, 0.6) is 0 Å². The number of aliphatic carboxylic acids is 1. The molecule has 4 rings (SSSR count). The van der Waals surface area contributed by atoms with Crippen molar-refractivity contribution in [3.05, 3.63) is 59.7 Å². The number of carbonyl (C=O) groups is 3. The summed E-state index contributed by atoms with van der Waals surface area (Å²) in [6.45, 7) is 3.92. The van der Waals surface area contributed by atoms with E-state index in [1.54, 1.807) is 0 Å². The average molecular weight is 465 g/mol. The standard InChI is InChI=1S/C27H32N2O5/c1-3-16(2)24(25(30)28-23(26(31)32)14-17-12-13-17)29-27(33)34-15-22-20-10-6-4-8-18(20)19-9-5-7-11-21(19)22/h4-11,16-17,22-24H,3,12-15H2,1-2H3,(H,28,30)(H,29,33)(H,31,32)/t16?,23-,24-/m0/s1. The fourth-order valence-corrected chi connectivity index (χ4v) is 4.64. The van der Waals surface area contributed by atoms with E-state index in [-0.39, 0.29) is 18.4 Å². The minimum Gasteiger partial charge on any atom is -0.480 e. The lowest BCUT2D eigenvalue weighted by Crippen LogP contribution is -2.54. The van der Waals surface area contributed by atoms with Crippen LogP contribution in [-0.2, 0) is 14.3 Å². The summed E-state index contributed by atoms with van der Waals surface area (Å²) < 4.78 is 5.60. The molecule has 1 fully saturated rings. The van der Waals surface area contributed by atoms with E-state index >= 15 is 0 Å². The van der Waals surface area contributed by atoms with E-state index in [1.807, 2.05) is 50.2 Å². The molecule has 0 heterocycles. The Labute approximate surface area is 199 Å². The zero-order chi connectivity index (χ0) is 24.2. The SMILES string of the molecule is CCC(C)[C@H](NC(=O)OCC1c2ccccc2-c2ccccc21)C(=O)N[C@@H](CC1CC1)C(=O)O. The predicted octanol–water partition coefficient (Wildman–Crippen LogP) is 4.31. The first-order chi connectivity index (χ1) is 16.4. The summed E-state index contributed by atoms with van der Waals surface area (Å²) in [5.41, 5.74) is 4.49. The zero-order valence-corrected chi connectivity index (χ0v) is 19.6. The van der Waals surface area contributed by atoms with E-state index in [0.29, 0.717) is 18.8 Å². The average Bonchev–Trinajstić information content (AvgIpc) is 3.60. The quantitative estimate of drug-likeness (QED) is 0.486. The maximum atomic E-state index is 12.9. The van der Waals surface area contributed by atoms with Gasteiger partial charge in [0, 0.05) is 5.92 Å². The van der Waals surface area contributed by atoms with E-state index in [2.05, 4.69) is 22.8 Å². The maximum Gasteiger partial charge on any atom is 0.407 e. The van der Waals surface area contributed by atoms with Crippen molar-refractivity contribution in [2.24, 2.45) is 11.8 Å². The molecule has 0 radical (unpaired) electrons.